The first-order valence-corrected chi connectivity index (χ1v) is 6.32. The zero-order valence-electron chi connectivity index (χ0n) is 11.5. The molecule has 1 aromatic rings. The van der Waals surface area contributed by atoms with Crippen LogP contribution in [0.3, 0.4) is 0 Å². The van der Waals surface area contributed by atoms with Gasteiger partial charge in [-0.15, -0.1) is 0 Å². The van der Waals surface area contributed by atoms with Crippen molar-refractivity contribution in [3.8, 4) is 5.75 Å². The van der Waals surface area contributed by atoms with Crippen molar-refractivity contribution in [1.82, 2.24) is 5.32 Å². The second kappa shape index (κ2) is 7.47. The van der Waals surface area contributed by atoms with Gasteiger partial charge in [0.25, 0.3) is 5.91 Å². The average Bonchev–Trinajstić information content (AvgIpc) is 2.42. The van der Waals surface area contributed by atoms with Crippen LogP contribution in [0, 0.1) is 11.7 Å². The van der Waals surface area contributed by atoms with E-state index in [1.54, 1.807) is 0 Å². The number of hydrogen-bond acceptors (Lipinski definition) is 3. The van der Waals surface area contributed by atoms with Crippen molar-refractivity contribution in [3.05, 3.63) is 29.6 Å². The van der Waals surface area contributed by atoms with E-state index in [9.17, 15) is 14.0 Å². The summed E-state index contributed by atoms with van der Waals surface area (Å²) in [5, 5.41) is 11.3. The van der Waals surface area contributed by atoms with Crippen LogP contribution < -0.4 is 10.1 Å². The Morgan fingerprint density at radius 3 is 2.70 bits per heavy atom. The number of carbonyl (C=O) groups excluding carboxylic acids is 1. The average molecular weight is 283 g/mol. The first-order chi connectivity index (χ1) is 9.49. The smallest absolute Gasteiger partial charge is 0.303 e. The van der Waals surface area contributed by atoms with Crippen LogP contribution in [0.5, 0.6) is 5.75 Å². The minimum atomic E-state index is -0.922. The number of carboxylic acid groups (broad SMARTS) is 1. The molecule has 0 saturated heterocycles. The molecule has 1 amide bonds. The monoisotopic (exact) mass is 283 g/mol. The van der Waals surface area contributed by atoms with E-state index in [0.717, 1.165) is 0 Å². The molecule has 0 fully saturated rings. The first kappa shape index (κ1) is 15.9. The van der Waals surface area contributed by atoms with Crippen LogP contribution in [0.25, 0.3) is 0 Å². The maximum absolute atomic E-state index is 13.7. The van der Waals surface area contributed by atoms with Gasteiger partial charge in [0.15, 0.2) is 0 Å². The number of methoxy groups -OCH3 is 1. The van der Waals surface area contributed by atoms with Crippen LogP contribution in [-0.2, 0) is 4.79 Å². The van der Waals surface area contributed by atoms with Gasteiger partial charge in [-0.25, -0.2) is 4.39 Å². The summed E-state index contributed by atoms with van der Waals surface area (Å²) in [6.07, 6.45) is 0.576. The van der Waals surface area contributed by atoms with Crippen molar-refractivity contribution < 1.29 is 23.8 Å². The summed E-state index contributed by atoms with van der Waals surface area (Å²) in [6, 6.07) is 4.11. The van der Waals surface area contributed by atoms with Crippen molar-refractivity contribution in [3.63, 3.8) is 0 Å². The topological polar surface area (TPSA) is 75.6 Å². The Labute approximate surface area is 116 Å². The third kappa shape index (κ3) is 4.22. The second-order valence-electron chi connectivity index (χ2n) is 4.40. The highest BCUT2D eigenvalue weighted by molar-refractivity contribution is 5.97. The lowest BCUT2D eigenvalue weighted by atomic mass is 10.0. The van der Waals surface area contributed by atoms with E-state index in [2.05, 4.69) is 5.32 Å². The molecule has 110 valence electrons. The quantitative estimate of drug-likeness (QED) is 0.803. The molecular formula is C14H18FNO4. The zero-order chi connectivity index (χ0) is 15.1. The van der Waals surface area contributed by atoms with E-state index >= 15 is 0 Å². The number of halogens is 1. The lowest BCUT2D eigenvalue weighted by Gasteiger charge is -2.14. The Kier molecular flexibility index (Phi) is 5.96. The highest BCUT2D eigenvalue weighted by atomic mass is 19.1. The van der Waals surface area contributed by atoms with Crippen LogP contribution in [0.4, 0.5) is 4.39 Å². The fourth-order valence-corrected chi connectivity index (χ4v) is 1.83. The predicted molar refractivity (Wildman–Crippen MR) is 71.3 cm³/mol. The zero-order valence-corrected chi connectivity index (χ0v) is 11.5. The molecule has 6 heteroatoms. The van der Waals surface area contributed by atoms with Crippen molar-refractivity contribution in [1.29, 1.82) is 0 Å². The van der Waals surface area contributed by atoms with E-state index in [1.165, 1.54) is 25.3 Å². The number of ether oxygens (including phenoxy) is 1. The number of hydrogen-bond donors (Lipinski definition) is 2. The molecular weight excluding hydrogens is 265 g/mol. The maximum atomic E-state index is 13.7. The Balaban J connectivity index is 2.74. The molecule has 0 heterocycles. The van der Waals surface area contributed by atoms with Gasteiger partial charge < -0.3 is 15.2 Å². The summed E-state index contributed by atoms with van der Waals surface area (Å²) >= 11 is 0. The van der Waals surface area contributed by atoms with E-state index in [1.807, 2.05) is 6.92 Å². The molecule has 1 aromatic carbocycles. The summed E-state index contributed by atoms with van der Waals surface area (Å²) in [7, 11) is 1.35. The van der Waals surface area contributed by atoms with Gasteiger partial charge in [0, 0.05) is 13.0 Å². The highest BCUT2D eigenvalue weighted by Crippen LogP contribution is 2.21. The molecule has 1 atom stereocenters. The number of nitrogens with one attached hydrogen (secondary N) is 1. The SMILES string of the molecule is CCC(CNC(=O)c1c(F)cccc1OC)CC(=O)O. The number of amides is 1. The Bertz CT molecular complexity index is 490. The fourth-order valence-electron chi connectivity index (χ4n) is 1.83. The predicted octanol–water partition coefficient (Wildman–Crippen LogP) is 2.06. The van der Waals surface area contributed by atoms with Crippen molar-refractivity contribution >= 4 is 11.9 Å². The van der Waals surface area contributed by atoms with Gasteiger partial charge in [0.05, 0.1) is 7.11 Å². The molecule has 20 heavy (non-hydrogen) atoms. The van der Waals surface area contributed by atoms with Gasteiger partial charge in [-0.05, 0) is 18.1 Å². The molecule has 0 bridgehead atoms. The Morgan fingerprint density at radius 2 is 2.15 bits per heavy atom. The number of benzene rings is 1. The van der Waals surface area contributed by atoms with Gasteiger partial charge >= 0.3 is 5.97 Å². The minimum absolute atomic E-state index is 0.0365. The number of carbonyl (C=O) groups is 2. The second-order valence-corrected chi connectivity index (χ2v) is 4.40. The summed E-state index contributed by atoms with van der Waals surface area (Å²) < 4.78 is 18.6. The van der Waals surface area contributed by atoms with E-state index in [0.29, 0.717) is 6.42 Å². The summed E-state index contributed by atoms with van der Waals surface area (Å²) in [4.78, 5) is 22.6. The van der Waals surface area contributed by atoms with E-state index < -0.39 is 17.7 Å². The molecule has 0 spiro atoms. The van der Waals surface area contributed by atoms with Gasteiger partial charge in [0.1, 0.15) is 17.1 Å². The van der Waals surface area contributed by atoms with Crippen LogP contribution in [0.15, 0.2) is 18.2 Å². The highest BCUT2D eigenvalue weighted by Gasteiger charge is 2.19. The number of carboxylic acids is 1. The standard InChI is InChI=1S/C14H18FNO4/c1-3-9(7-12(17)18)8-16-14(19)13-10(15)5-4-6-11(13)20-2/h4-6,9H,3,7-8H2,1-2H3,(H,16,19)(H,17,18). The van der Waals surface area contributed by atoms with Crippen LogP contribution in [0.2, 0.25) is 0 Å². The molecule has 0 aliphatic heterocycles. The normalized spacial score (nSPS) is 11.8. The van der Waals surface area contributed by atoms with Gasteiger partial charge in [0.2, 0.25) is 0 Å². The maximum Gasteiger partial charge on any atom is 0.303 e. The molecule has 5 nitrogen and oxygen atoms in total. The summed E-state index contributed by atoms with van der Waals surface area (Å²) in [5.74, 6) is -2.24. The van der Waals surface area contributed by atoms with Crippen molar-refractivity contribution in [2.75, 3.05) is 13.7 Å². The molecule has 1 rings (SSSR count). The number of aliphatic carboxylic acids is 1. The van der Waals surface area contributed by atoms with Crippen LogP contribution in [-0.4, -0.2) is 30.6 Å². The molecule has 0 aliphatic carbocycles. The van der Waals surface area contributed by atoms with Gasteiger partial charge in [-0.2, -0.15) is 0 Å². The fraction of sp³-hybridized carbons (Fsp3) is 0.429. The van der Waals surface area contributed by atoms with Gasteiger partial charge in [-0.3, -0.25) is 9.59 Å². The Morgan fingerprint density at radius 1 is 1.45 bits per heavy atom. The molecule has 0 aromatic heterocycles. The summed E-state index contributed by atoms with van der Waals surface area (Å²) in [5.41, 5.74) is -0.167. The lowest BCUT2D eigenvalue weighted by molar-refractivity contribution is -0.138. The largest absolute Gasteiger partial charge is 0.496 e. The van der Waals surface area contributed by atoms with E-state index in [-0.39, 0.29) is 30.2 Å². The van der Waals surface area contributed by atoms with Crippen molar-refractivity contribution in [2.45, 2.75) is 19.8 Å². The van der Waals surface area contributed by atoms with Crippen molar-refractivity contribution in [2.24, 2.45) is 5.92 Å². The lowest BCUT2D eigenvalue weighted by Crippen LogP contribution is -2.31. The molecule has 0 radical (unpaired) electrons. The molecule has 2 N–H and O–H groups in total. The molecule has 0 aliphatic rings. The Hall–Kier alpha value is -2.11. The first-order valence-electron chi connectivity index (χ1n) is 6.32. The third-order valence-electron chi connectivity index (χ3n) is 3.01. The molecule has 0 saturated carbocycles. The number of rotatable bonds is 7. The van der Waals surface area contributed by atoms with Gasteiger partial charge in [-0.1, -0.05) is 19.4 Å². The van der Waals surface area contributed by atoms with Crippen LogP contribution >= 0.6 is 0 Å². The van der Waals surface area contributed by atoms with Crippen LogP contribution in [0.1, 0.15) is 30.1 Å². The minimum Gasteiger partial charge on any atom is -0.496 e. The van der Waals surface area contributed by atoms with E-state index in [4.69, 9.17) is 9.84 Å². The summed E-state index contributed by atoms with van der Waals surface area (Å²) in [6.45, 7) is 2.02. The molecule has 1 unspecified atom stereocenters. The third-order valence-corrected chi connectivity index (χ3v) is 3.01.